The second kappa shape index (κ2) is 12.3. The maximum absolute atomic E-state index is 14.3. The van der Waals surface area contributed by atoms with Gasteiger partial charge in [-0.15, -0.1) is 0 Å². The standard InChI is InChI=1S/C30H39ClN4O5/c1-16-10-8-11-17(2)24(16)26(27(37)34-25-18(3)12-9-13-20(25)31)35(22-14-19(22)4)28(38)21(15-23(32)36)33-29(39)40-30(5,6)7/h8-13,19,21-22,26H,14-15H2,1-7H3,(H2,32,36)(H,33,39)(H,34,37). The minimum absolute atomic E-state index is 0.0985. The van der Waals surface area contributed by atoms with Crippen molar-refractivity contribution in [1.29, 1.82) is 0 Å². The van der Waals surface area contributed by atoms with Crippen LogP contribution in [-0.4, -0.2) is 46.4 Å². The minimum atomic E-state index is -1.33. The predicted molar refractivity (Wildman–Crippen MR) is 155 cm³/mol. The highest BCUT2D eigenvalue weighted by molar-refractivity contribution is 6.34. The first-order chi connectivity index (χ1) is 18.6. The second-order valence-electron chi connectivity index (χ2n) is 11.5. The first-order valence-electron chi connectivity index (χ1n) is 13.3. The number of alkyl carbamates (subject to hydrolysis) is 1. The number of benzene rings is 2. The molecule has 0 bridgehead atoms. The van der Waals surface area contributed by atoms with E-state index in [1.54, 1.807) is 32.9 Å². The van der Waals surface area contributed by atoms with Crippen molar-refractivity contribution in [2.75, 3.05) is 5.32 Å². The van der Waals surface area contributed by atoms with Gasteiger partial charge in [0.1, 0.15) is 17.7 Å². The maximum atomic E-state index is 14.3. The first kappa shape index (κ1) is 30.9. The SMILES string of the molecule is Cc1cccc(Cl)c1NC(=O)C(c1c(C)cccc1C)N(C(=O)C(CC(N)=O)NC(=O)OC(C)(C)C)C1CC1C. The number of nitrogens with two attached hydrogens (primary N) is 1. The number of hydrogen-bond acceptors (Lipinski definition) is 5. The summed E-state index contributed by atoms with van der Waals surface area (Å²) in [4.78, 5) is 54.7. The number of nitrogens with one attached hydrogen (secondary N) is 2. The summed E-state index contributed by atoms with van der Waals surface area (Å²) in [5.74, 6) is -1.74. The number of primary amides is 1. The number of halogens is 1. The fourth-order valence-electron chi connectivity index (χ4n) is 4.84. The molecular weight excluding hydrogens is 532 g/mol. The number of rotatable bonds is 9. The smallest absolute Gasteiger partial charge is 0.408 e. The van der Waals surface area contributed by atoms with Crippen molar-refractivity contribution >= 4 is 41.1 Å². The highest BCUT2D eigenvalue weighted by Crippen LogP contribution is 2.42. The van der Waals surface area contributed by atoms with Crippen molar-refractivity contribution in [1.82, 2.24) is 10.2 Å². The van der Waals surface area contributed by atoms with Gasteiger partial charge in [-0.1, -0.05) is 48.9 Å². The topological polar surface area (TPSA) is 131 Å². The number of amides is 4. The molecule has 1 aliphatic rings. The molecule has 2 aromatic carbocycles. The third-order valence-corrected chi connectivity index (χ3v) is 7.20. The Bertz CT molecular complexity index is 1260. The zero-order chi connectivity index (χ0) is 29.9. The van der Waals surface area contributed by atoms with Crippen LogP contribution in [0.2, 0.25) is 5.02 Å². The van der Waals surface area contributed by atoms with Gasteiger partial charge in [-0.05, 0) is 82.2 Å². The van der Waals surface area contributed by atoms with E-state index < -0.39 is 47.9 Å². The van der Waals surface area contributed by atoms with Gasteiger partial charge in [0.05, 0.1) is 17.1 Å². The molecule has 0 heterocycles. The van der Waals surface area contributed by atoms with E-state index >= 15 is 0 Å². The molecule has 2 aromatic rings. The average Bonchev–Trinajstić information content (AvgIpc) is 3.54. The second-order valence-corrected chi connectivity index (χ2v) is 11.9. The van der Waals surface area contributed by atoms with Gasteiger partial charge in [0.2, 0.25) is 11.8 Å². The number of carbonyl (C=O) groups is 4. The molecule has 0 spiro atoms. The number of para-hydroxylation sites is 1. The summed E-state index contributed by atoms with van der Waals surface area (Å²) in [6.07, 6.45) is -0.669. The molecular formula is C30H39ClN4O5. The number of nitrogens with zero attached hydrogens (tertiary/aromatic N) is 1. The zero-order valence-corrected chi connectivity index (χ0v) is 24.9. The number of carbonyl (C=O) groups excluding carboxylic acids is 4. The molecule has 4 atom stereocenters. The number of hydrogen-bond donors (Lipinski definition) is 3. The van der Waals surface area contributed by atoms with Gasteiger partial charge in [-0.3, -0.25) is 14.4 Å². The molecule has 10 heteroatoms. The largest absolute Gasteiger partial charge is 0.444 e. The molecule has 4 unspecified atom stereocenters. The highest BCUT2D eigenvalue weighted by atomic mass is 35.5. The van der Waals surface area contributed by atoms with E-state index in [2.05, 4.69) is 10.6 Å². The van der Waals surface area contributed by atoms with Crippen LogP contribution in [0.4, 0.5) is 10.5 Å². The summed E-state index contributed by atoms with van der Waals surface area (Å²) >= 11 is 6.44. The van der Waals surface area contributed by atoms with Crippen molar-refractivity contribution in [2.45, 2.75) is 85.0 Å². The molecule has 3 rings (SSSR count). The van der Waals surface area contributed by atoms with Gasteiger partial charge in [-0.25, -0.2) is 4.79 Å². The molecule has 1 fully saturated rings. The lowest BCUT2D eigenvalue weighted by molar-refractivity contribution is -0.142. The normalized spacial score (nSPS) is 17.8. The number of aryl methyl sites for hydroxylation is 3. The van der Waals surface area contributed by atoms with Gasteiger partial charge in [0.15, 0.2) is 0 Å². The Kier molecular flexibility index (Phi) is 9.51. The van der Waals surface area contributed by atoms with Crippen molar-refractivity contribution in [3.05, 3.63) is 63.7 Å². The summed E-state index contributed by atoms with van der Waals surface area (Å²) in [7, 11) is 0. The average molecular weight is 571 g/mol. The fourth-order valence-corrected chi connectivity index (χ4v) is 5.11. The van der Waals surface area contributed by atoms with Crippen LogP contribution in [0.3, 0.4) is 0 Å². The summed E-state index contributed by atoms with van der Waals surface area (Å²) in [6, 6.07) is 8.22. The molecule has 4 N–H and O–H groups in total. The molecule has 40 heavy (non-hydrogen) atoms. The van der Waals surface area contributed by atoms with Crippen molar-refractivity contribution < 1.29 is 23.9 Å². The fraction of sp³-hybridized carbons (Fsp3) is 0.467. The van der Waals surface area contributed by atoms with Crippen molar-refractivity contribution in [2.24, 2.45) is 11.7 Å². The van der Waals surface area contributed by atoms with Crippen LogP contribution in [0.15, 0.2) is 36.4 Å². The Morgan fingerprint density at radius 1 is 1.05 bits per heavy atom. The third kappa shape index (κ3) is 7.53. The maximum Gasteiger partial charge on any atom is 0.408 e. The van der Waals surface area contributed by atoms with Crippen LogP contribution in [0.1, 0.15) is 68.8 Å². The Hall–Kier alpha value is -3.59. The first-order valence-corrected chi connectivity index (χ1v) is 13.7. The molecule has 216 valence electrons. The molecule has 0 radical (unpaired) electrons. The Morgan fingerprint density at radius 3 is 2.10 bits per heavy atom. The summed E-state index contributed by atoms with van der Waals surface area (Å²) in [6.45, 7) is 12.6. The van der Waals surface area contributed by atoms with Gasteiger partial charge in [-0.2, -0.15) is 0 Å². The lowest BCUT2D eigenvalue weighted by atomic mass is 9.93. The minimum Gasteiger partial charge on any atom is -0.444 e. The van der Waals surface area contributed by atoms with Crippen LogP contribution < -0.4 is 16.4 Å². The quantitative estimate of drug-likeness (QED) is 0.392. The van der Waals surface area contributed by atoms with E-state index in [1.807, 2.05) is 52.0 Å². The molecule has 1 saturated carbocycles. The van der Waals surface area contributed by atoms with E-state index in [0.717, 1.165) is 16.7 Å². The van der Waals surface area contributed by atoms with Gasteiger partial charge < -0.3 is 26.0 Å². The molecule has 0 aromatic heterocycles. The lowest BCUT2D eigenvalue weighted by Crippen LogP contribution is -2.54. The van der Waals surface area contributed by atoms with Crippen molar-refractivity contribution in [3.8, 4) is 0 Å². The predicted octanol–water partition coefficient (Wildman–Crippen LogP) is 4.95. The number of ether oxygens (including phenoxy) is 1. The van der Waals surface area contributed by atoms with E-state index in [1.165, 1.54) is 4.90 Å². The molecule has 0 saturated heterocycles. The zero-order valence-electron chi connectivity index (χ0n) is 24.1. The Balaban J connectivity index is 2.12. The molecule has 4 amide bonds. The lowest BCUT2D eigenvalue weighted by Gasteiger charge is -2.36. The Morgan fingerprint density at radius 2 is 1.60 bits per heavy atom. The highest BCUT2D eigenvalue weighted by Gasteiger charge is 2.49. The van der Waals surface area contributed by atoms with Gasteiger partial charge in [0, 0.05) is 6.04 Å². The Labute approximate surface area is 240 Å². The monoisotopic (exact) mass is 570 g/mol. The molecule has 0 aliphatic heterocycles. The van der Waals surface area contributed by atoms with E-state index in [-0.39, 0.29) is 12.0 Å². The third-order valence-electron chi connectivity index (χ3n) is 6.89. The van der Waals surface area contributed by atoms with Crippen LogP contribution in [0.5, 0.6) is 0 Å². The van der Waals surface area contributed by atoms with Crippen LogP contribution in [0, 0.1) is 26.7 Å². The molecule has 1 aliphatic carbocycles. The van der Waals surface area contributed by atoms with Crippen LogP contribution >= 0.6 is 11.6 Å². The van der Waals surface area contributed by atoms with Crippen LogP contribution in [-0.2, 0) is 19.1 Å². The van der Waals surface area contributed by atoms with E-state index in [0.29, 0.717) is 22.7 Å². The summed E-state index contributed by atoms with van der Waals surface area (Å²) in [5.41, 5.74) is 8.15. The van der Waals surface area contributed by atoms with Gasteiger partial charge in [0.25, 0.3) is 5.91 Å². The van der Waals surface area contributed by atoms with Crippen LogP contribution in [0.25, 0.3) is 0 Å². The summed E-state index contributed by atoms with van der Waals surface area (Å²) in [5, 5.41) is 5.83. The number of anilines is 1. The van der Waals surface area contributed by atoms with E-state index in [9.17, 15) is 19.2 Å². The molecule has 9 nitrogen and oxygen atoms in total. The van der Waals surface area contributed by atoms with Gasteiger partial charge >= 0.3 is 6.09 Å². The van der Waals surface area contributed by atoms with Crippen molar-refractivity contribution in [3.63, 3.8) is 0 Å². The summed E-state index contributed by atoms with van der Waals surface area (Å²) < 4.78 is 5.35. The van der Waals surface area contributed by atoms with E-state index in [4.69, 9.17) is 22.1 Å².